The van der Waals surface area contributed by atoms with E-state index >= 15 is 0 Å². The highest BCUT2D eigenvalue weighted by atomic mass is 32.1. The Kier molecular flexibility index (Phi) is 4.56. The molecule has 0 bridgehead atoms. The normalized spacial score (nSPS) is 12.4. The monoisotopic (exact) mass is 469 g/mol. The summed E-state index contributed by atoms with van der Waals surface area (Å²) in [5.74, 6) is 0. The first-order chi connectivity index (χ1) is 16.6. The van der Waals surface area contributed by atoms with E-state index in [9.17, 15) is 10.0 Å². The lowest BCUT2D eigenvalue weighted by atomic mass is 10.1. The van der Waals surface area contributed by atoms with Gasteiger partial charge in [0.1, 0.15) is 16.2 Å². The quantitative estimate of drug-likeness (QED) is 0.242. The Labute approximate surface area is 196 Å². The van der Waals surface area contributed by atoms with Gasteiger partial charge in [-0.2, -0.15) is 10.2 Å². The zero-order valence-electron chi connectivity index (χ0n) is 18.4. The first-order valence-corrected chi connectivity index (χ1v) is 11.4. The average Bonchev–Trinajstić information content (AvgIpc) is 3.52. The number of fused-ring (bicyclic) bond motifs is 4. The van der Waals surface area contributed by atoms with Crippen LogP contribution in [0, 0.1) is 0 Å². The van der Waals surface area contributed by atoms with Crippen LogP contribution >= 0.6 is 11.3 Å². The van der Waals surface area contributed by atoms with Crippen LogP contribution in [0.25, 0.3) is 32.2 Å². The second kappa shape index (κ2) is 7.63. The molecule has 0 fully saturated rings. The SMILES string of the molecule is Cn1ncc2c(Cn3ncc4c5sc(/C(=N\O)c6ccccc6)nc5n(C)c4c3=O)cccc21. The number of hydrogen-bond acceptors (Lipinski definition) is 7. The summed E-state index contributed by atoms with van der Waals surface area (Å²) < 4.78 is 5.90. The molecule has 0 atom stereocenters. The summed E-state index contributed by atoms with van der Waals surface area (Å²) in [6.45, 7) is 0.338. The molecule has 0 unspecified atom stereocenters. The van der Waals surface area contributed by atoms with Gasteiger partial charge in [0.25, 0.3) is 5.56 Å². The van der Waals surface area contributed by atoms with Crippen molar-refractivity contribution in [1.82, 2.24) is 29.1 Å². The van der Waals surface area contributed by atoms with E-state index in [1.807, 2.05) is 73.5 Å². The van der Waals surface area contributed by atoms with Gasteiger partial charge < -0.3 is 9.77 Å². The first-order valence-electron chi connectivity index (χ1n) is 10.6. The second-order valence-electron chi connectivity index (χ2n) is 8.03. The molecule has 0 saturated carbocycles. The fourth-order valence-corrected chi connectivity index (χ4v) is 5.47. The van der Waals surface area contributed by atoms with E-state index in [4.69, 9.17) is 4.98 Å². The van der Waals surface area contributed by atoms with Crippen molar-refractivity contribution < 1.29 is 5.21 Å². The Morgan fingerprint density at radius 2 is 1.82 bits per heavy atom. The maximum Gasteiger partial charge on any atom is 0.291 e. The Balaban J connectivity index is 1.46. The number of nitrogens with zero attached hydrogens (tertiary/aromatic N) is 7. The van der Waals surface area contributed by atoms with Crippen molar-refractivity contribution in [3.05, 3.63) is 87.4 Å². The highest BCUT2D eigenvalue weighted by Gasteiger charge is 2.21. The average molecular weight is 470 g/mol. The minimum absolute atomic E-state index is 0.188. The highest BCUT2D eigenvalue weighted by Crippen LogP contribution is 2.32. The fraction of sp³-hybridized carbons (Fsp3) is 0.125. The van der Waals surface area contributed by atoms with Crippen LogP contribution in [0.1, 0.15) is 16.1 Å². The van der Waals surface area contributed by atoms with E-state index in [0.29, 0.717) is 28.4 Å². The third kappa shape index (κ3) is 2.96. The summed E-state index contributed by atoms with van der Waals surface area (Å²) >= 11 is 1.38. The summed E-state index contributed by atoms with van der Waals surface area (Å²) in [6.07, 6.45) is 3.52. The van der Waals surface area contributed by atoms with E-state index in [2.05, 4.69) is 15.4 Å². The smallest absolute Gasteiger partial charge is 0.291 e. The molecule has 0 aliphatic heterocycles. The van der Waals surface area contributed by atoms with Crippen LogP contribution < -0.4 is 5.56 Å². The molecule has 168 valence electrons. The number of rotatable bonds is 4. The summed E-state index contributed by atoms with van der Waals surface area (Å²) in [5, 5.41) is 24.2. The summed E-state index contributed by atoms with van der Waals surface area (Å²) in [7, 11) is 3.71. The molecule has 0 aliphatic carbocycles. The molecule has 34 heavy (non-hydrogen) atoms. The van der Waals surface area contributed by atoms with Crippen molar-refractivity contribution in [2.75, 3.05) is 0 Å². The van der Waals surface area contributed by atoms with Crippen molar-refractivity contribution in [3.8, 4) is 0 Å². The van der Waals surface area contributed by atoms with Gasteiger partial charge in [-0.3, -0.25) is 9.48 Å². The van der Waals surface area contributed by atoms with Crippen LogP contribution in [0.3, 0.4) is 0 Å². The summed E-state index contributed by atoms with van der Waals surface area (Å²) in [4.78, 5) is 18.1. The Bertz CT molecular complexity index is 1790. The zero-order chi connectivity index (χ0) is 23.4. The predicted octanol–water partition coefficient (Wildman–Crippen LogP) is 3.51. The maximum absolute atomic E-state index is 13.4. The van der Waals surface area contributed by atoms with Crippen molar-refractivity contribution in [2.24, 2.45) is 19.3 Å². The van der Waals surface area contributed by atoms with Crippen molar-refractivity contribution in [3.63, 3.8) is 0 Å². The van der Waals surface area contributed by atoms with E-state index in [0.717, 1.165) is 32.1 Å². The number of aryl methyl sites for hydroxylation is 2. The summed E-state index contributed by atoms with van der Waals surface area (Å²) in [5.41, 5.74) is 4.13. The molecule has 4 heterocycles. The van der Waals surface area contributed by atoms with Crippen molar-refractivity contribution in [1.29, 1.82) is 0 Å². The highest BCUT2D eigenvalue weighted by molar-refractivity contribution is 7.21. The largest absolute Gasteiger partial charge is 0.410 e. The molecule has 1 N–H and O–H groups in total. The number of thiazole rings is 1. The first kappa shape index (κ1) is 20.3. The molecule has 0 radical (unpaired) electrons. The number of oxime groups is 1. The van der Waals surface area contributed by atoms with Crippen LogP contribution in [-0.2, 0) is 20.6 Å². The topological polar surface area (TPSA) is 103 Å². The van der Waals surface area contributed by atoms with Gasteiger partial charge in [0.05, 0.1) is 29.2 Å². The number of aromatic nitrogens is 6. The molecule has 6 rings (SSSR count). The molecule has 0 saturated heterocycles. The van der Waals surface area contributed by atoms with Gasteiger partial charge in [-0.05, 0) is 11.6 Å². The molecular weight excluding hydrogens is 450 g/mol. The van der Waals surface area contributed by atoms with E-state index in [1.165, 1.54) is 16.0 Å². The van der Waals surface area contributed by atoms with Crippen LogP contribution in [0.15, 0.2) is 70.9 Å². The van der Waals surface area contributed by atoms with Crippen LogP contribution in [0.4, 0.5) is 0 Å². The Morgan fingerprint density at radius 3 is 2.62 bits per heavy atom. The van der Waals surface area contributed by atoms with Gasteiger partial charge in [0.2, 0.25) is 0 Å². The molecule has 0 aliphatic rings. The molecule has 9 nitrogen and oxygen atoms in total. The molecule has 0 amide bonds. The van der Waals surface area contributed by atoms with Gasteiger partial charge >= 0.3 is 0 Å². The lowest BCUT2D eigenvalue weighted by molar-refractivity contribution is 0.319. The Morgan fingerprint density at radius 1 is 1.03 bits per heavy atom. The van der Waals surface area contributed by atoms with Crippen LogP contribution in [-0.4, -0.2) is 40.0 Å². The predicted molar refractivity (Wildman–Crippen MR) is 132 cm³/mol. The second-order valence-corrected chi connectivity index (χ2v) is 9.03. The van der Waals surface area contributed by atoms with Gasteiger partial charge in [-0.25, -0.2) is 9.67 Å². The Hall–Kier alpha value is -4.31. The van der Waals surface area contributed by atoms with Crippen LogP contribution in [0.5, 0.6) is 0 Å². The molecule has 0 spiro atoms. The van der Waals surface area contributed by atoms with Crippen molar-refractivity contribution >= 4 is 49.2 Å². The molecule has 4 aromatic heterocycles. The van der Waals surface area contributed by atoms with E-state index in [-0.39, 0.29) is 5.56 Å². The zero-order valence-corrected chi connectivity index (χ0v) is 19.2. The third-order valence-electron chi connectivity index (χ3n) is 6.08. The van der Waals surface area contributed by atoms with Crippen molar-refractivity contribution in [2.45, 2.75) is 6.54 Å². The summed E-state index contributed by atoms with van der Waals surface area (Å²) in [6, 6.07) is 15.3. The molecular formula is C24H19N7O2S. The van der Waals surface area contributed by atoms with Gasteiger partial charge in [-0.1, -0.05) is 47.6 Å². The van der Waals surface area contributed by atoms with Gasteiger partial charge in [0, 0.05) is 30.4 Å². The standard InChI is InChI=1S/C24H19N7O2S/c1-29-20-17(21-22(29)27-23(34-21)19(28-33)14-7-4-3-5-8-14)12-26-31(24(20)32)13-15-9-6-10-18-16(15)11-25-30(18)2/h3-12,33H,13H2,1-2H3/b28-19-. The third-order valence-corrected chi connectivity index (χ3v) is 7.16. The number of hydrogen-bond donors (Lipinski definition) is 1. The molecule has 6 aromatic rings. The van der Waals surface area contributed by atoms with Crippen LogP contribution in [0.2, 0.25) is 0 Å². The van der Waals surface area contributed by atoms with Gasteiger partial charge in [-0.15, -0.1) is 11.3 Å². The minimum atomic E-state index is -0.188. The van der Waals surface area contributed by atoms with Gasteiger partial charge in [0.15, 0.2) is 5.65 Å². The van der Waals surface area contributed by atoms with E-state index < -0.39 is 0 Å². The minimum Gasteiger partial charge on any atom is -0.410 e. The number of benzene rings is 2. The fourth-order valence-electron chi connectivity index (χ4n) is 4.36. The maximum atomic E-state index is 13.4. The molecule has 2 aromatic carbocycles. The lowest BCUT2D eigenvalue weighted by Gasteiger charge is -2.07. The van der Waals surface area contributed by atoms with E-state index in [1.54, 1.807) is 10.8 Å². The lowest BCUT2D eigenvalue weighted by Crippen LogP contribution is -2.24. The molecule has 10 heteroatoms.